The minimum atomic E-state index is -0.366. The fourth-order valence-corrected chi connectivity index (χ4v) is 2.68. The first-order valence-corrected chi connectivity index (χ1v) is 8.05. The Morgan fingerprint density at radius 2 is 2.00 bits per heavy atom. The van der Waals surface area contributed by atoms with Crippen LogP contribution in [0.1, 0.15) is 45.1 Å². The molecule has 4 heteroatoms. The SMILES string of the molecule is CCNCc1ccc(OC2CCCCC2O)c(OCC)c1. The van der Waals surface area contributed by atoms with Crippen LogP contribution in [0.4, 0.5) is 0 Å². The summed E-state index contributed by atoms with van der Waals surface area (Å²) in [5.74, 6) is 1.51. The topological polar surface area (TPSA) is 50.7 Å². The molecule has 2 unspecified atom stereocenters. The number of hydrogen-bond acceptors (Lipinski definition) is 4. The highest BCUT2D eigenvalue weighted by Gasteiger charge is 2.25. The highest BCUT2D eigenvalue weighted by atomic mass is 16.5. The summed E-state index contributed by atoms with van der Waals surface area (Å²) in [6, 6.07) is 6.03. The van der Waals surface area contributed by atoms with Gasteiger partial charge in [0.1, 0.15) is 6.10 Å². The Morgan fingerprint density at radius 1 is 1.19 bits per heavy atom. The summed E-state index contributed by atoms with van der Waals surface area (Å²) in [6.07, 6.45) is 3.46. The molecule has 2 N–H and O–H groups in total. The third-order valence-electron chi connectivity index (χ3n) is 3.83. The summed E-state index contributed by atoms with van der Waals surface area (Å²) in [6.45, 7) is 6.43. The van der Waals surface area contributed by atoms with Crippen molar-refractivity contribution in [2.75, 3.05) is 13.2 Å². The first-order valence-electron chi connectivity index (χ1n) is 8.05. The van der Waals surface area contributed by atoms with Crippen LogP contribution in [0.25, 0.3) is 0 Å². The maximum atomic E-state index is 10.0. The van der Waals surface area contributed by atoms with Crippen LogP contribution in [0.15, 0.2) is 18.2 Å². The maximum absolute atomic E-state index is 10.0. The van der Waals surface area contributed by atoms with Gasteiger partial charge >= 0.3 is 0 Å². The number of rotatable bonds is 7. The zero-order valence-electron chi connectivity index (χ0n) is 13.1. The molecule has 21 heavy (non-hydrogen) atoms. The van der Waals surface area contributed by atoms with E-state index in [0.29, 0.717) is 6.61 Å². The lowest BCUT2D eigenvalue weighted by atomic mass is 9.95. The Hall–Kier alpha value is -1.26. The number of hydrogen-bond donors (Lipinski definition) is 2. The molecule has 1 fully saturated rings. The van der Waals surface area contributed by atoms with Gasteiger partial charge in [-0.05, 0) is 50.4 Å². The molecule has 0 saturated heterocycles. The average molecular weight is 293 g/mol. The van der Waals surface area contributed by atoms with Gasteiger partial charge in [-0.2, -0.15) is 0 Å². The van der Waals surface area contributed by atoms with E-state index in [9.17, 15) is 5.11 Å². The number of benzene rings is 1. The van der Waals surface area contributed by atoms with Gasteiger partial charge in [-0.25, -0.2) is 0 Å². The molecule has 118 valence electrons. The van der Waals surface area contributed by atoms with Crippen LogP contribution in [0.3, 0.4) is 0 Å². The molecule has 4 nitrogen and oxygen atoms in total. The van der Waals surface area contributed by atoms with Crippen LogP contribution in [-0.2, 0) is 6.54 Å². The number of aliphatic hydroxyl groups excluding tert-OH is 1. The predicted octanol–water partition coefficient (Wildman–Crippen LogP) is 2.88. The van der Waals surface area contributed by atoms with E-state index in [1.165, 1.54) is 5.56 Å². The van der Waals surface area contributed by atoms with Crippen LogP contribution >= 0.6 is 0 Å². The molecule has 0 radical (unpaired) electrons. The zero-order chi connectivity index (χ0) is 15.1. The molecule has 2 rings (SSSR count). The summed E-state index contributed by atoms with van der Waals surface area (Å²) in [4.78, 5) is 0. The highest BCUT2D eigenvalue weighted by Crippen LogP contribution is 2.32. The predicted molar refractivity (Wildman–Crippen MR) is 83.9 cm³/mol. The molecule has 1 aromatic carbocycles. The van der Waals surface area contributed by atoms with Gasteiger partial charge in [-0.3, -0.25) is 0 Å². The van der Waals surface area contributed by atoms with Crippen molar-refractivity contribution in [1.29, 1.82) is 0 Å². The molecule has 1 aromatic rings. The van der Waals surface area contributed by atoms with Crippen molar-refractivity contribution in [3.05, 3.63) is 23.8 Å². The van der Waals surface area contributed by atoms with E-state index in [2.05, 4.69) is 18.3 Å². The number of aliphatic hydroxyl groups is 1. The summed E-state index contributed by atoms with van der Waals surface area (Å²) in [5, 5.41) is 13.4. The second-order valence-electron chi connectivity index (χ2n) is 5.50. The Morgan fingerprint density at radius 3 is 2.71 bits per heavy atom. The molecule has 0 aliphatic heterocycles. The minimum absolute atomic E-state index is 0.113. The van der Waals surface area contributed by atoms with E-state index in [1.807, 2.05) is 19.1 Å². The zero-order valence-corrected chi connectivity index (χ0v) is 13.1. The molecule has 2 atom stereocenters. The highest BCUT2D eigenvalue weighted by molar-refractivity contribution is 5.43. The summed E-state index contributed by atoms with van der Waals surface area (Å²) in [7, 11) is 0. The van der Waals surface area contributed by atoms with Crippen LogP contribution in [0, 0.1) is 0 Å². The maximum Gasteiger partial charge on any atom is 0.161 e. The van der Waals surface area contributed by atoms with Crippen molar-refractivity contribution in [2.24, 2.45) is 0 Å². The average Bonchev–Trinajstić information content (AvgIpc) is 2.50. The van der Waals surface area contributed by atoms with Gasteiger partial charge in [0, 0.05) is 6.54 Å². The Bertz CT molecular complexity index is 436. The Balaban J connectivity index is 2.09. The van der Waals surface area contributed by atoms with Gasteiger partial charge < -0.3 is 19.9 Å². The van der Waals surface area contributed by atoms with Crippen molar-refractivity contribution in [1.82, 2.24) is 5.32 Å². The van der Waals surface area contributed by atoms with Crippen molar-refractivity contribution in [3.8, 4) is 11.5 Å². The quantitative estimate of drug-likeness (QED) is 0.811. The van der Waals surface area contributed by atoms with Crippen molar-refractivity contribution in [3.63, 3.8) is 0 Å². The van der Waals surface area contributed by atoms with Gasteiger partial charge in [0.25, 0.3) is 0 Å². The summed E-state index contributed by atoms with van der Waals surface area (Å²) in [5.41, 5.74) is 1.18. The lowest BCUT2D eigenvalue weighted by molar-refractivity contribution is 0.00544. The molecule has 1 saturated carbocycles. The molecule has 0 aromatic heterocycles. The standard InChI is InChI=1S/C17H27NO3/c1-3-18-12-13-9-10-16(17(11-13)20-4-2)21-15-8-6-5-7-14(15)19/h9-11,14-15,18-19H,3-8,12H2,1-2H3. The van der Waals surface area contributed by atoms with Crippen molar-refractivity contribution >= 4 is 0 Å². The molecular weight excluding hydrogens is 266 g/mol. The minimum Gasteiger partial charge on any atom is -0.490 e. The molecule has 0 amide bonds. The Kier molecular flexibility index (Phi) is 6.33. The van der Waals surface area contributed by atoms with E-state index >= 15 is 0 Å². The molecule has 0 bridgehead atoms. The molecular formula is C17H27NO3. The van der Waals surface area contributed by atoms with Crippen LogP contribution < -0.4 is 14.8 Å². The van der Waals surface area contributed by atoms with Crippen LogP contribution in [-0.4, -0.2) is 30.5 Å². The molecule has 0 heterocycles. The second-order valence-corrected chi connectivity index (χ2v) is 5.50. The molecule has 0 spiro atoms. The van der Waals surface area contributed by atoms with Gasteiger partial charge in [-0.1, -0.05) is 19.4 Å². The Labute approximate surface area is 127 Å². The fourth-order valence-electron chi connectivity index (χ4n) is 2.68. The van der Waals surface area contributed by atoms with Gasteiger partial charge in [0.05, 0.1) is 12.7 Å². The van der Waals surface area contributed by atoms with E-state index in [1.54, 1.807) is 0 Å². The normalized spacial score (nSPS) is 22.0. The second kappa shape index (κ2) is 8.25. The van der Waals surface area contributed by atoms with Gasteiger partial charge in [0.15, 0.2) is 11.5 Å². The van der Waals surface area contributed by atoms with E-state index in [0.717, 1.165) is 50.3 Å². The lowest BCUT2D eigenvalue weighted by Gasteiger charge is -2.29. The first-order chi connectivity index (χ1) is 10.2. The number of nitrogens with one attached hydrogen (secondary N) is 1. The fraction of sp³-hybridized carbons (Fsp3) is 0.647. The monoisotopic (exact) mass is 293 g/mol. The van der Waals surface area contributed by atoms with E-state index in [4.69, 9.17) is 9.47 Å². The third kappa shape index (κ3) is 4.61. The largest absolute Gasteiger partial charge is 0.490 e. The molecule has 1 aliphatic rings. The van der Waals surface area contributed by atoms with Crippen LogP contribution in [0.5, 0.6) is 11.5 Å². The lowest BCUT2D eigenvalue weighted by Crippen LogP contribution is -2.34. The molecule has 1 aliphatic carbocycles. The van der Waals surface area contributed by atoms with Crippen molar-refractivity contribution < 1.29 is 14.6 Å². The summed E-state index contributed by atoms with van der Waals surface area (Å²) < 4.78 is 11.7. The van der Waals surface area contributed by atoms with E-state index in [-0.39, 0.29) is 12.2 Å². The van der Waals surface area contributed by atoms with Crippen LogP contribution in [0.2, 0.25) is 0 Å². The number of ether oxygens (including phenoxy) is 2. The third-order valence-corrected chi connectivity index (χ3v) is 3.83. The summed E-state index contributed by atoms with van der Waals surface area (Å²) >= 11 is 0. The van der Waals surface area contributed by atoms with Gasteiger partial charge in [-0.15, -0.1) is 0 Å². The first kappa shape index (κ1) is 16.1. The van der Waals surface area contributed by atoms with Gasteiger partial charge in [0.2, 0.25) is 0 Å². The van der Waals surface area contributed by atoms with E-state index < -0.39 is 0 Å². The van der Waals surface area contributed by atoms with Crippen molar-refractivity contribution in [2.45, 2.75) is 58.3 Å². The smallest absolute Gasteiger partial charge is 0.161 e.